The summed E-state index contributed by atoms with van der Waals surface area (Å²) in [6.45, 7) is 7.95. The average Bonchev–Trinajstić information content (AvgIpc) is 2.40. The molecule has 0 radical (unpaired) electrons. The van der Waals surface area contributed by atoms with Gasteiger partial charge in [-0.25, -0.2) is 4.39 Å². The lowest BCUT2D eigenvalue weighted by Gasteiger charge is -2.25. The molecule has 21 heavy (non-hydrogen) atoms. The van der Waals surface area contributed by atoms with Gasteiger partial charge >= 0.3 is 0 Å². The highest BCUT2D eigenvalue weighted by Crippen LogP contribution is 2.23. The van der Waals surface area contributed by atoms with Crippen molar-refractivity contribution in [3.05, 3.63) is 35.1 Å². The van der Waals surface area contributed by atoms with Crippen molar-refractivity contribution in [3.8, 4) is 0 Å². The second-order valence-electron chi connectivity index (χ2n) is 6.40. The van der Waals surface area contributed by atoms with Crippen molar-refractivity contribution in [2.24, 2.45) is 11.1 Å². The van der Waals surface area contributed by atoms with E-state index >= 15 is 0 Å². The van der Waals surface area contributed by atoms with Gasteiger partial charge < -0.3 is 11.1 Å². The van der Waals surface area contributed by atoms with Crippen LogP contribution in [0.5, 0.6) is 0 Å². The molecule has 4 heteroatoms. The molecule has 0 bridgehead atoms. The Hall–Kier alpha value is -1.42. The molecule has 0 aliphatic heterocycles. The first-order chi connectivity index (χ1) is 9.85. The molecule has 0 aromatic heterocycles. The second-order valence-corrected chi connectivity index (χ2v) is 6.40. The maximum atomic E-state index is 13.8. The molecule has 1 rings (SSSR count). The largest absolute Gasteiger partial charge is 0.366 e. The van der Waals surface area contributed by atoms with Crippen LogP contribution in [0.25, 0.3) is 0 Å². The number of hydrogen-bond acceptors (Lipinski definition) is 2. The summed E-state index contributed by atoms with van der Waals surface area (Å²) in [5.74, 6) is -0.993. The number of rotatable bonds is 9. The molecule has 0 heterocycles. The standard InChI is InChI=1S/C17H27FN2O/c1-4-5-6-9-17(2,3)12-20-11-14-8-7-13(16(19)21)10-15(14)18/h7-8,10,20H,4-6,9,11-12H2,1-3H3,(H2,19,21). The first-order valence-corrected chi connectivity index (χ1v) is 7.64. The Morgan fingerprint density at radius 2 is 2.05 bits per heavy atom. The van der Waals surface area contributed by atoms with Gasteiger partial charge in [0.15, 0.2) is 0 Å². The third-order valence-electron chi connectivity index (χ3n) is 3.71. The lowest BCUT2D eigenvalue weighted by Crippen LogP contribution is -2.29. The summed E-state index contributed by atoms with van der Waals surface area (Å²) < 4.78 is 13.8. The van der Waals surface area contributed by atoms with Crippen molar-refractivity contribution in [3.63, 3.8) is 0 Å². The lowest BCUT2D eigenvalue weighted by atomic mass is 9.87. The van der Waals surface area contributed by atoms with Crippen LogP contribution in [0.1, 0.15) is 62.4 Å². The van der Waals surface area contributed by atoms with Gasteiger partial charge in [0.1, 0.15) is 5.82 Å². The Labute approximate surface area is 127 Å². The van der Waals surface area contributed by atoms with E-state index in [0.29, 0.717) is 12.1 Å². The Kier molecular flexibility index (Phi) is 6.82. The molecular formula is C17H27FN2O. The molecule has 1 aromatic carbocycles. The van der Waals surface area contributed by atoms with Crippen LogP contribution in [0.4, 0.5) is 4.39 Å². The van der Waals surface area contributed by atoms with E-state index < -0.39 is 5.91 Å². The van der Waals surface area contributed by atoms with Gasteiger partial charge in [-0.05, 0) is 24.0 Å². The van der Waals surface area contributed by atoms with Crippen LogP contribution in [0.3, 0.4) is 0 Å². The molecule has 0 fully saturated rings. The van der Waals surface area contributed by atoms with Crippen LogP contribution in [0, 0.1) is 11.2 Å². The number of halogens is 1. The molecule has 0 atom stereocenters. The second kappa shape index (κ2) is 8.13. The molecule has 3 N–H and O–H groups in total. The highest BCUT2D eigenvalue weighted by molar-refractivity contribution is 5.92. The molecule has 0 aliphatic carbocycles. The number of primary amides is 1. The fraction of sp³-hybridized carbons (Fsp3) is 0.588. The summed E-state index contributed by atoms with van der Waals surface area (Å²) in [7, 11) is 0. The van der Waals surface area contributed by atoms with Crippen LogP contribution >= 0.6 is 0 Å². The van der Waals surface area contributed by atoms with Gasteiger partial charge in [0.05, 0.1) is 0 Å². The van der Waals surface area contributed by atoms with E-state index in [0.717, 1.165) is 13.0 Å². The summed E-state index contributed by atoms with van der Waals surface area (Å²) in [4.78, 5) is 11.0. The fourth-order valence-electron chi connectivity index (χ4n) is 2.32. The minimum atomic E-state index is -0.606. The van der Waals surface area contributed by atoms with Gasteiger partial charge in [-0.15, -0.1) is 0 Å². The number of hydrogen-bond donors (Lipinski definition) is 2. The zero-order valence-electron chi connectivity index (χ0n) is 13.3. The molecule has 118 valence electrons. The maximum Gasteiger partial charge on any atom is 0.248 e. The highest BCUT2D eigenvalue weighted by atomic mass is 19.1. The monoisotopic (exact) mass is 294 g/mol. The highest BCUT2D eigenvalue weighted by Gasteiger charge is 2.17. The predicted octanol–water partition coefficient (Wildman–Crippen LogP) is 3.62. The number of nitrogens with two attached hydrogens (primary N) is 1. The molecule has 0 unspecified atom stereocenters. The van der Waals surface area contributed by atoms with E-state index in [2.05, 4.69) is 26.1 Å². The molecule has 0 saturated carbocycles. The van der Waals surface area contributed by atoms with E-state index in [1.165, 1.54) is 25.3 Å². The van der Waals surface area contributed by atoms with Crippen molar-refractivity contribution < 1.29 is 9.18 Å². The number of benzene rings is 1. The van der Waals surface area contributed by atoms with Gasteiger partial charge in [0.25, 0.3) is 0 Å². The Balaban J connectivity index is 2.46. The van der Waals surface area contributed by atoms with Gasteiger partial charge in [-0.2, -0.15) is 0 Å². The van der Waals surface area contributed by atoms with Gasteiger partial charge in [0.2, 0.25) is 5.91 Å². The smallest absolute Gasteiger partial charge is 0.248 e. The van der Waals surface area contributed by atoms with E-state index in [9.17, 15) is 9.18 Å². The topological polar surface area (TPSA) is 55.1 Å². The number of nitrogens with one attached hydrogen (secondary N) is 1. The molecular weight excluding hydrogens is 267 g/mol. The Morgan fingerprint density at radius 3 is 2.62 bits per heavy atom. The first kappa shape index (κ1) is 17.6. The maximum absolute atomic E-state index is 13.8. The normalized spacial score (nSPS) is 11.6. The molecule has 1 aromatic rings. The van der Waals surface area contributed by atoms with Gasteiger partial charge in [-0.1, -0.05) is 46.1 Å². The third-order valence-corrected chi connectivity index (χ3v) is 3.71. The van der Waals surface area contributed by atoms with Crippen LogP contribution in [0.15, 0.2) is 18.2 Å². The third kappa shape index (κ3) is 6.25. The molecule has 0 spiro atoms. The van der Waals surface area contributed by atoms with E-state index in [1.54, 1.807) is 12.1 Å². The van der Waals surface area contributed by atoms with E-state index in [-0.39, 0.29) is 16.8 Å². The first-order valence-electron chi connectivity index (χ1n) is 7.64. The minimum absolute atomic E-state index is 0.205. The van der Waals surface area contributed by atoms with Crippen LogP contribution in [-0.2, 0) is 6.54 Å². The zero-order valence-corrected chi connectivity index (χ0v) is 13.3. The van der Waals surface area contributed by atoms with Crippen LogP contribution in [0.2, 0.25) is 0 Å². The summed E-state index contributed by atoms with van der Waals surface area (Å²) in [5, 5.41) is 3.30. The van der Waals surface area contributed by atoms with Crippen molar-refractivity contribution in [2.75, 3.05) is 6.54 Å². The van der Waals surface area contributed by atoms with Crippen molar-refractivity contribution >= 4 is 5.91 Å². The molecule has 0 saturated heterocycles. The number of carbonyl (C=O) groups is 1. The number of amides is 1. The van der Waals surface area contributed by atoms with Crippen molar-refractivity contribution in [1.29, 1.82) is 0 Å². The van der Waals surface area contributed by atoms with Crippen molar-refractivity contribution in [1.82, 2.24) is 5.32 Å². The average molecular weight is 294 g/mol. The zero-order chi connectivity index (χ0) is 15.9. The van der Waals surface area contributed by atoms with Crippen LogP contribution < -0.4 is 11.1 Å². The SMILES string of the molecule is CCCCCC(C)(C)CNCc1ccc(C(N)=O)cc1F. The number of carbonyl (C=O) groups excluding carboxylic acids is 1. The Bertz CT molecular complexity index is 472. The molecule has 0 aliphatic rings. The van der Waals surface area contributed by atoms with Gasteiger partial charge in [0, 0.05) is 24.2 Å². The quantitative estimate of drug-likeness (QED) is 0.683. The lowest BCUT2D eigenvalue weighted by molar-refractivity contribution is 0.1000. The van der Waals surface area contributed by atoms with E-state index in [4.69, 9.17) is 5.73 Å². The number of unbranched alkanes of at least 4 members (excludes halogenated alkanes) is 2. The summed E-state index contributed by atoms with van der Waals surface area (Å²) >= 11 is 0. The van der Waals surface area contributed by atoms with Crippen molar-refractivity contribution in [2.45, 2.75) is 53.0 Å². The molecule has 1 amide bonds. The summed E-state index contributed by atoms with van der Waals surface area (Å²) in [6, 6.07) is 4.38. The van der Waals surface area contributed by atoms with Gasteiger partial charge in [-0.3, -0.25) is 4.79 Å². The summed E-state index contributed by atoms with van der Waals surface area (Å²) in [5.41, 5.74) is 6.10. The minimum Gasteiger partial charge on any atom is -0.366 e. The molecule has 3 nitrogen and oxygen atoms in total. The van der Waals surface area contributed by atoms with Crippen LogP contribution in [-0.4, -0.2) is 12.5 Å². The predicted molar refractivity (Wildman–Crippen MR) is 84.5 cm³/mol. The Morgan fingerprint density at radius 1 is 1.33 bits per heavy atom. The van der Waals surface area contributed by atoms with E-state index in [1.807, 2.05) is 0 Å². The summed E-state index contributed by atoms with van der Waals surface area (Å²) in [6.07, 6.45) is 4.87. The fourth-order valence-corrected chi connectivity index (χ4v) is 2.32.